The molecule has 1 rings (SSSR count). The molecule has 16 heavy (non-hydrogen) atoms. The molecule has 2 nitrogen and oxygen atoms in total. The Labute approximate surface area is 99.4 Å². The van der Waals surface area contributed by atoms with E-state index in [4.69, 9.17) is 0 Å². The van der Waals surface area contributed by atoms with E-state index in [1.165, 1.54) is 12.8 Å². The maximum Gasteiger partial charge on any atom is 0.123 e. The van der Waals surface area contributed by atoms with E-state index < -0.39 is 0 Å². The summed E-state index contributed by atoms with van der Waals surface area (Å²) in [5.41, 5.74) is 0. The van der Waals surface area contributed by atoms with E-state index in [1.54, 1.807) is 0 Å². The van der Waals surface area contributed by atoms with Gasteiger partial charge in [-0.25, -0.2) is 0 Å². The minimum atomic E-state index is -0.129. The average Bonchev–Trinajstić information content (AvgIpc) is 2.77. The third-order valence-electron chi connectivity index (χ3n) is 4.12. The van der Waals surface area contributed by atoms with E-state index >= 15 is 0 Å². The Morgan fingerprint density at radius 2 is 2.00 bits per heavy atom. The van der Waals surface area contributed by atoms with E-state index in [0.29, 0.717) is 11.8 Å². The summed E-state index contributed by atoms with van der Waals surface area (Å²) in [7, 11) is 0. The lowest BCUT2D eigenvalue weighted by Gasteiger charge is -2.19. The Balaban J connectivity index is 2.26. The predicted octanol–water partition coefficient (Wildman–Crippen LogP) is 3.18. The van der Waals surface area contributed by atoms with Crippen molar-refractivity contribution >= 4 is 6.29 Å². The van der Waals surface area contributed by atoms with Crippen molar-refractivity contribution in [3.63, 3.8) is 0 Å². The van der Waals surface area contributed by atoms with Crippen LogP contribution in [-0.2, 0) is 4.79 Å². The Kier molecular flexibility index (Phi) is 6.04. The largest absolute Gasteiger partial charge is 0.393 e. The van der Waals surface area contributed by atoms with Crippen LogP contribution in [0.5, 0.6) is 0 Å². The molecule has 2 heteroatoms. The minimum Gasteiger partial charge on any atom is -0.393 e. The van der Waals surface area contributed by atoms with Crippen LogP contribution in [0.25, 0.3) is 0 Å². The molecular weight excluding hydrogens is 200 g/mol. The summed E-state index contributed by atoms with van der Waals surface area (Å²) in [4.78, 5) is 10.7. The van der Waals surface area contributed by atoms with Gasteiger partial charge in [0.1, 0.15) is 6.29 Å². The van der Waals surface area contributed by atoms with Crippen LogP contribution in [0.1, 0.15) is 58.8 Å². The zero-order valence-corrected chi connectivity index (χ0v) is 10.7. The van der Waals surface area contributed by atoms with Gasteiger partial charge in [-0.3, -0.25) is 0 Å². The summed E-state index contributed by atoms with van der Waals surface area (Å²) in [5, 5.41) is 10.1. The smallest absolute Gasteiger partial charge is 0.123 e. The van der Waals surface area contributed by atoms with Crippen LogP contribution in [0.15, 0.2) is 0 Å². The van der Waals surface area contributed by atoms with Gasteiger partial charge >= 0.3 is 0 Å². The van der Waals surface area contributed by atoms with Crippen molar-refractivity contribution in [3.8, 4) is 0 Å². The fourth-order valence-electron chi connectivity index (χ4n) is 2.83. The monoisotopic (exact) mass is 226 g/mol. The second-order valence-electron chi connectivity index (χ2n) is 5.39. The van der Waals surface area contributed by atoms with Crippen molar-refractivity contribution in [1.82, 2.24) is 0 Å². The first-order valence-corrected chi connectivity index (χ1v) is 6.82. The maximum atomic E-state index is 10.7. The Bertz CT molecular complexity index is 203. The van der Waals surface area contributed by atoms with Crippen molar-refractivity contribution in [1.29, 1.82) is 0 Å². The number of hydrogen-bond donors (Lipinski definition) is 1. The van der Waals surface area contributed by atoms with Gasteiger partial charge in [0, 0.05) is 5.92 Å². The number of unbranched alkanes of at least 4 members (excludes halogenated alkanes) is 2. The van der Waals surface area contributed by atoms with E-state index in [2.05, 4.69) is 6.92 Å². The molecule has 0 aromatic rings. The average molecular weight is 226 g/mol. The lowest BCUT2D eigenvalue weighted by atomic mass is 9.90. The highest BCUT2D eigenvalue weighted by atomic mass is 16.3. The molecule has 2 unspecified atom stereocenters. The molecule has 1 aliphatic rings. The molecule has 0 amide bonds. The van der Waals surface area contributed by atoms with Crippen LogP contribution in [0, 0.1) is 17.8 Å². The van der Waals surface area contributed by atoms with Gasteiger partial charge in [0.05, 0.1) is 6.10 Å². The highest BCUT2D eigenvalue weighted by molar-refractivity contribution is 5.53. The molecule has 0 aliphatic heterocycles. The van der Waals surface area contributed by atoms with Crippen molar-refractivity contribution < 1.29 is 9.90 Å². The van der Waals surface area contributed by atoms with Crippen molar-refractivity contribution in [3.05, 3.63) is 0 Å². The Hall–Kier alpha value is -0.370. The van der Waals surface area contributed by atoms with Crippen molar-refractivity contribution in [2.24, 2.45) is 17.8 Å². The van der Waals surface area contributed by atoms with Gasteiger partial charge in [-0.1, -0.05) is 33.1 Å². The zero-order chi connectivity index (χ0) is 12.0. The molecule has 0 aromatic carbocycles. The van der Waals surface area contributed by atoms with Gasteiger partial charge in [0.25, 0.3) is 0 Å². The fourth-order valence-corrected chi connectivity index (χ4v) is 2.83. The first kappa shape index (κ1) is 13.7. The number of carbonyl (C=O) groups excluding carboxylic acids is 1. The van der Waals surface area contributed by atoms with Gasteiger partial charge in [0.15, 0.2) is 0 Å². The molecular formula is C14H26O2. The van der Waals surface area contributed by atoms with E-state index in [9.17, 15) is 9.90 Å². The maximum absolute atomic E-state index is 10.7. The number of aliphatic hydroxyl groups excluding tert-OH is 1. The molecule has 0 bridgehead atoms. The van der Waals surface area contributed by atoms with Crippen LogP contribution in [-0.4, -0.2) is 17.5 Å². The highest BCUT2D eigenvalue weighted by Gasteiger charge is 2.32. The van der Waals surface area contributed by atoms with E-state index in [0.717, 1.165) is 38.4 Å². The van der Waals surface area contributed by atoms with Crippen molar-refractivity contribution in [2.45, 2.75) is 64.9 Å². The molecule has 1 saturated carbocycles. The Morgan fingerprint density at radius 1 is 1.31 bits per heavy atom. The molecule has 1 aliphatic carbocycles. The van der Waals surface area contributed by atoms with E-state index in [-0.39, 0.29) is 12.0 Å². The summed E-state index contributed by atoms with van der Waals surface area (Å²) in [6.45, 7) is 4.19. The van der Waals surface area contributed by atoms with Gasteiger partial charge in [-0.15, -0.1) is 0 Å². The predicted molar refractivity (Wildman–Crippen MR) is 66.2 cm³/mol. The third-order valence-corrected chi connectivity index (χ3v) is 4.12. The standard InChI is InChI=1S/C14H26O2/c1-3-4-5-6-14(16)13-8-7-12(9-13)11(2)10-15/h10-14,16H,3-9H2,1-2H3/t11-,12?,13?,14+/m1/s1. The molecule has 0 aromatic heterocycles. The molecule has 0 heterocycles. The minimum absolute atomic E-state index is 0.129. The molecule has 4 atom stereocenters. The van der Waals surface area contributed by atoms with Crippen LogP contribution in [0.2, 0.25) is 0 Å². The quantitative estimate of drug-likeness (QED) is 0.535. The molecule has 0 radical (unpaired) electrons. The molecule has 0 spiro atoms. The van der Waals surface area contributed by atoms with E-state index in [1.807, 2.05) is 6.92 Å². The second-order valence-corrected chi connectivity index (χ2v) is 5.39. The zero-order valence-electron chi connectivity index (χ0n) is 10.7. The first-order chi connectivity index (χ1) is 7.69. The summed E-state index contributed by atoms with van der Waals surface area (Å²) >= 11 is 0. The highest BCUT2D eigenvalue weighted by Crippen LogP contribution is 2.37. The number of aldehydes is 1. The molecule has 94 valence electrons. The lowest BCUT2D eigenvalue weighted by Crippen LogP contribution is -2.19. The fraction of sp³-hybridized carbons (Fsp3) is 0.929. The van der Waals surface area contributed by atoms with Crippen LogP contribution in [0.3, 0.4) is 0 Å². The van der Waals surface area contributed by atoms with Gasteiger partial charge in [0.2, 0.25) is 0 Å². The van der Waals surface area contributed by atoms with Gasteiger partial charge in [-0.2, -0.15) is 0 Å². The summed E-state index contributed by atoms with van der Waals surface area (Å²) in [5.74, 6) is 1.14. The first-order valence-electron chi connectivity index (χ1n) is 6.82. The van der Waals surface area contributed by atoms with Gasteiger partial charge < -0.3 is 9.90 Å². The molecule has 1 fully saturated rings. The molecule has 0 saturated heterocycles. The third kappa shape index (κ3) is 3.89. The van der Waals surface area contributed by atoms with Crippen LogP contribution in [0.4, 0.5) is 0 Å². The Morgan fingerprint density at radius 3 is 2.62 bits per heavy atom. The molecule has 1 N–H and O–H groups in total. The summed E-state index contributed by atoms with van der Waals surface area (Å²) in [6, 6.07) is 0. The van der Waals surface area contributed by atoms with Crippen molar-refractivity contribution in [2.75, 3.05) is 0 Å². The van der Waals surface area contributed by atoms with Crippen LogP contribution < -0.4 is 0 Å². The topological polar surface area (TPSA) is 37.3 Å². The second kappa shape index (κ2) is 7.05. The summed E-state index contributed by atoms with van der Waals surface area (Å²) < 4.78 is 0. The number of aliphatic hydroxyl groups is 1. The number of carbonyl (C=O) groups is 1. The lowest BCUT2D eigenvalue weighted by molar-refractivity contribution is -0.112. The number of hydrogen-bond acceptors (Lipinski definition) is 2. The SMILES string of the molecule is CCCCC[C@H](O)C1CCC([C@H](C)C=O)C1. The van der Waals surface area contributed by atoms with Gasteiger partial charge in [-0.05, 0) is 37.5 Å². The van der Waals surface area contributed by atoms with Crippen LogP contribution >= 0.6 is 0 Å². The summed E-state index contributed by atoms with van der Waals surface area (Å²) in [6.07, 6.45) is 8.73. The normalized spacial score (nSPS) is 28.9. The number of rotatable bonds is 7.